The molecule has 6 heteroatoms. The van der Waals surface area contributed by atoms with Crippen LogP contribution in [0.3, 0.4) is 0 Å². The van der Waals surface area contributed by atoms with Gasteiger partial charge in [-0.1, -0.05) is 0 Å². The molecule has 5 nitrogen and oxygen atoms in total. The molecule has 1 amide bonds. The summed E-state index contributed by atoms with van der Waals surface area (Å²) in [5.41, 5.74) is 1.27. The van der Waals surface area contributed by atoms with E-state index in [0.717, 1.165) is 10.2 Å². The van der Waals surface area contributed by atoms with Crippen molar-refractivity contribution >= 4 is 27.7 Å². The maximum Gasteiger partial charge on any atom is 0.412 e. The van der Waals surface area contributed by atoms with Crippen molar-refractivity contribution in [3.05, 3.63) is 16.2 Å². The van der Waals surface area contributed by atoms with Crippen LogP contribution in [0.25, 0.3) is 0 Å². The van der Waals surface area contributed by atoms with Crippen LogP contribution in [0.1, 0.15) is 12.6 Å². The number of carboxylic acid groups (broad SMARTS) is 1. The smallest absolute Gasteiger partial charge is 0.412 e. The van der Waals surface area contributed by atoms with E-state index in [9.17, 15) is 4.79 Å². The maximum atomic E-state index is 11.2. The quantitative estimate of drug-likeness (QED) is 0.796. The average Bonchev–Trinajstić information content (AvgIpc) is 2.20. The van der Waals surface area contributed by atoms with Crippen LogP contribution in [-0.2, 0) is 0 Å². The van der Waals surface area contributed by atoms with Gasteiger partial charge in [-0.25, -0.2) is 9.78 Å². The molecule has 0 aromatic carbocycles. The van der Waals surface area contributed by atoms with E-state index < -0.39 is 6.09 Å². The monoisotopic (exact) mass is 286 g/mol. The minimum absolute atomic E-state index is 0.207. The molecule has 2 rings (SSSR count). The number of amides is 1. The van der Waals surface area contributed by atoms with Crippen LogP contribution in [0.4, 0.5) is 10.5 Å². The topological polar surface area (TPSA) is 62.7 Å². The zero-order chi connectivity index (χ0) is 11.9. The van der Waals surface area contributed by atoms with Gasteiger partial charge in [-0.3, -0.25) is 4.90 Å². The summed E-state index contributed by atoms with van der Waals surface area (Å²) in [5.74, 6) is 0.376. The van der Waals surface area contributed by atoms with Gasteiger partial charge in [-0.15, -0.1) is 0 Å². The van der Waals surface area contributed by atoms with Crippen LogP contribution in [-0.4, -0.2) is 28.8 Å². The van der Waals surface area contributed by atoms with Crippen molar-refractivity contribution in [1.29, 1.82) is 0 Å². The number of hydrogen-bond acceptors (Lipinski definition) is 3. The van der Waals surface area contributed by atoms with Gasteiger partial charge in [0.05, 0.1) is 11.7 Å². The molecule has 1 aromatic heterocycles. The van der Waals surface area contributed by atoms with E-state index in [1.807, 2.05) is 6.92 Å². The van der Waals surface area contributed by atoms with Crippen molar-refractivity contribution in [1.82, 2.24) is 4.98 Å². The van der Waals surface area contributed by atoms with E-state index in [4.69, 9.17) is 9.84 Å². The number of rotatable bonds is 0. The van der Waals surface area contributed by atoms with Gasteiger partial charge in [0.25, 0.3) is 0 Å². The molecular formula is C10H11BrN2O3. The first-order valence-electron chi connectivity index (χ1n) is 4.83. The van der Waals surface area contributed by atoms with Crippen LogP contribution in [0.5, 0.6) is 5.88 Å². The minimum atomic E-state index is -0.991. The fraction of sp³-hybridized carbons (Fsp3) is 0.400. The van der Waals surface area contributed by atoms with Gasteiger partial charge in [-0.2, -0.15) is 0 Å². The van der Waals surface area contributed by atoms with Crippen molar-refractivity contribution in [3.63, 3.8) is 0 Å². The summed E-state index contributed by atoms with van der Waals surface area (Å²) in [7, 11) is 0. The Kier molecular flexibility index (Phi) is 2.75. The summed E-state index contributed by atoms with van der Waals surface area (Å²) in [6.45, 7) is 3.95. The summed E-state index contributed by atoms with van der Waals surface area (Å²) < 4.78 is 6.19. The summed E-state index contributed by atoms with van der Waals surface area (Å²) in [4.78, 5) is 16.6. The summed E-state index contributed by atoms with van der Waals surface area (Å²) >= 11 is 3.33. The Morgan fingerprint density at radius 2 is 2.44 bits per heavy atom. The molecule has 1 atom stereocenters. The molecule has 0 aliphatic carbocycles. The number of carbonyl (C=O) groups is 1. The lowest BCUT2D eigenvalue weighted by Crippen LogP contribution is -2.44. The molecule has 0 saturated heterocycles. The Hall–Kier alpha value is -1.30. The molecule has 2 heterocycles. The molecule has 0 saturated carbocycles. The molecule has 0 radical (unpaired) electrons. The number of nitrogens with zero attached hydrogens (tertiary/aromatic N) is 2. The number of halogens is 1. The van der Waals surface area contributed by atoms with E-state index in [1.54, 1.807) is 13.0 Å². The first kappa shape index (κ1) is 11.2. The van der Waals surface area contributed by atoms with Gasteiger partial charge in [-0.05, 0) is 35.8 Å². The van der Waals surface area contributed by atoms with Crippen LogP contribution >= 0.6 is 15.9 Å². The number of aromatic nitrogens is 1. The van der Waals surface area contributed by atoms with Crippen molar-refractivity contribution in [3.8, 4) is 5.88 Å². The molecular weight excluding hydrogens is 276 g/mol. The minimum Gasteiger partial charge on any atom is -0.474 e. The predicted molar refractivity (Wildman–Crippen MR) is 62.1 cm³/mol. The Bertz CT molecular complexity index is 450. The van der Waals surface area contributed by atoms with Crippen molar-refractivity contribution < 1.29 is 14.6 Å². The van der Waals surface area contributed by atoms with Gasteiger partial charge >= 0.3 is 6.09 Å². The van der Waals surface area contributed by atoms with Gasteiger partial charge in [0.1, 0.15) is 12.3 Å². The van der Waals surface area contributed by atoms with Crippen molar-refractivity contribution in [2.24, 2.45) is 0 Å². The first-order valence-corrected chi connectivity index (χ1v) is 5.62. The SMILES string of the molecule is Cc1nc2c(cc1Br)N(C(=O)O)C(C)CO2. The lowest BCUT2D eigenvalue weighted by atomic mass is 10.2. The second kappa shape index (κ2) is 3.93. The largest absolute Gasteiger partial charge is 0.474 e. The zero-order valence-electron chi connectivity index (χ0n) is 8.90. The number of ether oxygens (including phenoxy) is 1. The third kappa shape index (κ3) is 1.73. The molecule has 16 heavy (non-hydrogen) atoms. The molecule has 1 N–H and O–H groups in total. The lowest BCUT2D eigenvalue weighted by Gasteiger charge is -2.32. The Morgan fingerprint density at radius 3 is 3.06 bits per heavy atom. The van der Waals surface area contributed by atoms with Gasteiger partial charge < -0.3 is 9.84 Å². The number of aryl methyl sites for hydroxylation is 1. The maximum absolute atomic E-state index is 11.2. The van der Waals surface area contributed by atoms with E-state index in [-0.39, 0.29) is 6.04 Å². The van der Waals surface area contributed by atoms with E-state index in [2.05, 4.69) is 20.9 Å². The zero-order valence-corrected chi connectivity index (χ0v) is 10.5. The predicted octanol–water partition coefficient (Wildman–Crippen LogP) is 2.42. The van der Waals surface area contributed by atoms with Crippen LogP contribution in [0, 0.1) is 6.92 Å². The van der Waals surface area contributed by atoms with Crippen LogP contribution in [0.15, 0.2) is 10.5 Å². The third-order valence-corrected chi connectivity index (χ3v) is 3.27. The molecule has 0 bridgehead atoms. The van der Waals surface area contributed by atoms with Gasteiger partial charge in [0, 0.05) is 4.47 Å². The third-order valence-electron chi connectivity index (χ3n) is 2.47. The number of fused-ring (bicyclic) bond motifs is 1. The highest BCUT2D eigenvalue weighted by atomic mass is 79.9. The molecule has 86 valence electrons. The van der Waals surface area contributed by atoms with Crippen LogP contribution in [0.2, 0.25) is 0 Å². The number of pyridine rings is 1. The summed E-state index contributed by atoms with van der Waals surface area (Å²) in [6, 6.07) is 1.52. The standard InChI is InChI=1S/C10H11BrN2O3/c1-5-4-16-9-8(13(5)10(14)15)3-7(11)6(2)12-9/h3,5H,4H2,1-2H3,(H,14,15). The molecule has 1 unspecified atom stereocenters. The second-order valence-corrected chi connectivity index (χ2v) is 4.55. The molecule has 1 aliphatic rings. The summed E-state index contributed by atoms with van der Waals surface area (Å²) in [6.07, 6.45) is -0.991. The molecule has 1 aliphatic heterocycles. The van der Waals surface area contributed by atoms with Crippen molar-refractivity contribution in [2.75, 3.05) is 11.5 Å². The van der Waals surface area contributed by atoms with Gasteiger partial charge in [0.15, 0.2) is 0 Å². The average molecular weight is 287 g/mol. The van der Waals surface area contributed by atoms with Gasteiger partial charge in [0.2, 0.25) is 5.88 Å². The Balaban J connectivity index is 2.55. The highest BCUT2D eigenvalue weighted by Crippen LogP contribution is 2.35. The lowest BCUT2D eigenvalue weighted by molar-refractivity contribution is 0.188. The van der Waals surface area contributed by atoms with Crippen LogP contribution < -0.4 is 9.64 Å². The molecule has 1 aromatic rings. The molecule has 0 fully saturated rings. The Morgan fingerprint density at radius 1 is 1.75 bits per heavy atom. The normalized spacial score (nSPS) is 18.9. The highest BCUT2D eigenvalue weighted by Gasteiger charge is 2.30. The van der Waals surface area contributed by atoms with E-state index >= 15 is 0 Å². The van der Waals surface area contributed by atoms with E-state index in [1.165, 1.54) is 4.90 Å². The fourth-order valence-electron chi connectivity index (χ4n) is 1.63. The molecule has 0 spiro atoms. The first-order chi connectivity index (χ1) is 7.50. The highest BCUT2D eigenvalue weighted by molar-refractivity contribution is 9.10. The number of anilines is 1. The summed E-state index contributed by atoms with van der Waals surface area (Å²) in [5, 5.41) is 9.14. The fourth-order valence-corrected chi connectivity index (χ4v) is 1.94. The second-order valence-electron chi connectivity index (χ2n) is 3.69. The Labute approximate surface area is 101 Å². The van der Waals surface area contributed by atoms with Crippen molar-refractivity contribution in [2.45, 2.75) is 19.9 Å². The number of hydrogen-bond donors (Lipinski definition) is 1. The van der Waals surface area contributed by atoms with E-state index in [0.29, 0.717) is 18.2 Å².